The molecule has 0 radical (unpaired) electrons. The fourth-order valence-electron chi connectivity index (χ4n) is 2.54. The summed E-state index contributed by atoms with van der Waals surface area (Å²) in [5, 5.41) is 0. The van der Waals surface area contributed by atoms with Crippen LogP contribution < -0.4 is 0 Å². The van der Waals surface area contributed by atoms with Gasteiger partial charge < -0.3 is 4.74 Å². The van der Waals surface area contributed by atoms with E-state index in [4.69, 9.17) is 4.74 Å². The number of hydrogen-bond donors (Lipinski definition) is 0. The van der Waals surface area contributed by atoms with Gasteiger partial charge in [-0.3, -0.25) is 0 Å². The lowest BCUT2D eigenvalue weighted by molar-refractivity contribution is 0.0363. The van der Waals surface area contributed by atoms with Gasteiger partial charge in [-0.2, -0.15) is 0 Å². The lowest BCUT2D eigenvalue weighted by Crippen LogP contribution is -1.98. The van der Waals surface area contributed by atoms with Gasteiger partial charge in [0.25, 0.3) is 0 Å². The van der Waals surface area contributed by atoms with E-state index in [0.717, 1.165) is 24.0 Å². The quantitative estimate of drug-likeness (QED) is 0.517. The number of cyclic esters (lactones) is 1. The van der Waals surface area contributed by atoms with Crippen LogP contribution in [0.3, 0.4) is 0 Å². The molecule has 1 atom stereocenters. The number of benzene rings is 1. The van der Waals surface area contributed by atoms with Gasteiger partial charge in [0, 0.05) is 5.56 Å². The lowest BCUT2D eigenvalue weighted by atomic mass is 10.00. The van der Waals surface area contributed by atoms with Crippen LogP contribution in [-0.2, 0) is 4.74 Å². The average molecular weight is 246 g/mol. The molecule has 1 aliphatic rings. The van der Waals surface area contributed by atoms with Crippen molar-refractivity contribution in [1.82, 2.24) is 0 Å². The highest BCUT2D eigenvalue weighted by atomic mass is 16.5. The van der Waals surface area contributed by atoms with E-state index >= 15 is 0 Å². The molecule has 0 amide bonds. The summed E-state index contributed by atoms with van der Waals surface area (Å²) >= 11 is 0. The minimum Gasteiger partial charge on any atom is -0.454 e. The maximum atomic E-state index is 11.6. The Morgan fingerprint density at radius 3 is 2.61 bits per heavy atom. The fraction of sp³-hybridized carbons (Fsp3) is 0.562. The van der Waals surface area contributed by atoms with Gasteiger partial charge in [-0.1, -0.05) is 57.2 Å². The van der Waals surface area contributed by atoms with Crippen LogP contribution in [0.2, 0.25) is 0 Å². The first-order valence-electron chi connectivity index (χ1n) is 7.13. The van der Waals surface area contributed by atoms with E-state index in [1.165, 1.54) is 32.1 Å². The summed E-state index contributed by atoms with van der Waals surface area (Å²) in [5.41, 5.74) is 1.84. The maximum Gasteiger partial charge on any atom is 0.339 e. The second-order valence-corrected chi connectivity index (χ2v) is 5.04. The van der Waals surface area contributed by atoms with E-state index in [0.29, 0.717) is 0 Å². The number of rotatable bonds is 7. The predicted octanol–water partition coefficient (Wildman–Crippen LogP) is 4.65. The zero-order valence-corrected chi connectivity index (χ0v) is 11.2. The molecule has 1 aromatic carbocycles. The standard InChI is InChI=1S/C16H22O2/c1-2-3-4-5-6-7-12-15-13-10-8-9-11-14(13)16(17)18-15/h8-11,15H,2-7,12H2,1H3/t15-/m0/s1. The first-order chi connectivity index (χ1) is 8.83. The lowest BCUT2D eigenvalue weighted by Gasteiger charge is -2.10. The molecular weight excluding hydrogens is 224 g/mol. The van der Waals surface area contributed by atoms with Gasteiger partial charge in [-0.05, 0) is 18.9 Å². The molecule has 0 N–H and O–H groups in total. The number of fused-ring (bicyclic) bond motifs is 1. The van der Waals surface area contributed by atoms with Gasteiger partial charge in [0.05, 0.1) is 5.56 Å². The maximum absolute atomic E-state index is 11.6. The summed E-state index contributed by atoms with van der Waals surface area (Å²) in [6, 6.07) is 7.75. The second kappa shape index (κ2) is 6.58. The van der Waals surface area contributed by atoms with E-state index in [-0.39, 0.29) is 12.1 Å². The minimum atomic E-state index is -0.151. The summed E-state index contributed by atoms with van der Waals surface area (Å²) in [6.07, 6.45) is 8.61. The minimum absolute atomic E-state index is 0.000116. The van der Waals surface area contributed by atoms with Crippen molar-refractivity contribution in [3.63, 3.8) is 0 Å². The Balaban J connectivity index is 1.77. The van der Waals surface area contributed by atoms with Crippen LogP contribution in [0.15, 0.2) is 24.3 Å². The Kier molecular flexibility index (Phi) is 4.80. The van der Waals surface area contributed by atoms with Crippen LogP contribution in [0.4, 0.5) is 0 Å². The largest absolute Gasteiger partial charge is 0.454 e. The number of unbranched alkanes of at least 4 members (excludes halogenated alkanes) is 5. The molecule has 0 fully saturated rings. The molecule has 2 rings (SSSR count). The highest BCUT2D eigenvalue weighted by molar-refractivity contribution is 5.93. The first kappa shape index (κ1) is 13.1. The molecule has 18 heavy (non-hydrogen) atoms. The Labute approximate surface area is 109 Å². The molecule has 1 heterocycles. The van der Waals surface area contributed by atoms with Crippen molar-refractivity contribution >= 4 is 5.97 Å². The number of esters is 1. The Morgan fingerprint density at radius 1 is 1.06 bits per heavy atom. The monoisotopic (exact) mass is 246 g/mol. The number of carbonyl (C=O) groups is 1. The molecule has 2 heteroatoms. The Hall–Kier alpha value is -1.31. The van der Waals surface area contributed by atoms with Gasteiger partial charge >= 0.3 is 5.97 Å². The predicted molar refractivity (Wildman–Crippen MR) is 72.6 cm³/mol. The van der Waals surface area contributed by atoms with Gasteiger partial charge in [0.1, 0.15) is 6.10 Å². The van der Waals surface area contributed by atoms with Crippen molar-refractivity contribution in [3.05, 3.63) is 35.4 Å². The molecule has 1 aromatic rings. The Morgan fingerprint density at radius 2 is 1.78 bits per heavy atom. The summed E-state index contributed by atoms with van der Waals surface area (Å²) in [4.78, 5) is 11.6. The second-order valence-electron chi connectivity index (χ2n) is 5.04. The topological polar surface area (TPSA) is 26.3 Å². The molecule has 2 nitrogen and oxygen atoms in total. The first-order valence-corrected chi connectivity index (χ1v) is 7.13. The van der Waals surface area contributed by atoms with Crippen molar-refractivity contribution in [2.45, 2.75) is 58.0 Å². The fourth-order valence-corrected chi connectivity index (χ4v) is 2.54. The van der Waals surface area contributed by atoms with Crippen LogP contribution in [0.1, 0.15) is 73.9 Å². The molecule has 0 saturated carbocycles. The molecule has 0 saturated heterocycles. The van der Waals surface area contributed by atoms with Crippen molar-refractivity contribution in [1.29, 1.82) is 0 Å². The van der Waals surface area contributed by atoms with Gasteiger partial charge in [0.2, 0.25) is 0 Å². The summed E-state index contributed by atoms with van der Waals surface area (Å²) < 4.78 is 5.42. The average Bonchev–Trinajstić information content (AvgIpc) is 2.71. The van der Waals surface area contributed by atoms with Gasteiger partial charge in [0.15, 0.2) is 0 Å². The third kappa shape index (κ3) is 3.12. The highest BCUT2D eigenvalue weighted by Gasteiger charge is 2.29. The normalized spacial score (nSPS) is 17.6. The third-order valence-electron chi connectivity index (χ3n) is 3.60. The van der Waals surface area contributed by atoms with Gasteiger partial charge in [-0.15, -0.1) is 0 Å². The summed E-state index contributed by atoms with van der Waals surface area (Å²) in [5.74, 6) is -0.151. The van der Waals surface area contributed by atoms with E-state index in [1.807, 2.05) is 24.3 Å². The SMILES string of the molecule is CCCCCCCC[C@@H]1OC(=O)c2ccccc21. The molecule has 1 aliphatic heterocycles. The summed E-state index contributed by atoms with van der Waals surface area (Å²) in [6.45, 7) is 2.23. The highest BCUT2D eigenvalue weighted by Crippen LogP contribution is 2.34. The molecule has 98 valence electrons. The van der Waals surface area contributed by atoms with Gasteiger partial charge in [-0.25, -0.2) is 4.79 Å². The van der Waals surface area contributed by atoms with Crippen molar-refractivity contribution in [2.75, 3.05) is 0 Å². The number of carbonyl (C=O) groups excluding carboxylic acids is 1. The molecule has 0 unspecified atom stereocenters. The molecule has 0 aromatic heterocycles. The zero-order chi connectivity index (χ0) is 12.8. The van der Waals surface area contributed by atoms with Crippen LogP contribution in [0.5, 0.6) is 0 Å². The van der Waals surface area contributed by atoms with E-state index in [1.54, 1.807) is 0 Å². The third-order valence-corrected chi connectivity index (χ3v) is 3.60. The summed E-state index contributed by atoms with van der Waals surface area (Å²) in [7, 11) is 0. The van der Waals surface area contributed by atoms with E-state index in [9.17, 15) is 4.79 Å². The van der Waals surface area contributed by atoms with Crippen molar-refractivity contribution < 1.29 is 9.53 Å². The molecule has 0 aliphatic carbocycles. The zero-order valence-electron chi connectivity index (χ0n) is 11.2. The van der Waals surface area contributed by atoms with Crippen LogP contribution >= 0.6 is 0 Å². The molecular formula is C16H22O2. The Bertz CT molecular complexity index is 398. The van der Waals surface area contributed by atoms with Crippen LogP contribution in [-0.4, -0.2) is 5.97 Å². The van der Waals surface area contributed by atoms with Crippen LogP contribution in [0.25, 0.3) is 0 Å². The van der Waals surface area contributed by atoms with E-state index < -0.39 is 0 Å². The molecule has 0 spiro atoms. The van der Waals surface area contributed by atoms with Crippen LogP contribution in [0, 0.1) is 0 Å². The molecule has 0 bridgehead atoms. The number of hydrogen-bond acceptors (Lipinski definition) is 2. The van der Waals surface area contributed by atoms with Crippen molar-refractivity contribution in [2.24, 2.45) is 0 Å². The van der Waals surface area contributed by atoms with E-state index in [2.05, 4.69) is 6.92 Å². The number of ether oxygens (including phenoxy) is 1. The smallest absolute Gasteiger partial charge is 0.339 e. The van der Waals surface area contributed by atoms with Crippen molar-refractivity contribution in [3.8, 4) is 0 Å².